The van der Waals surface area contributed by atoms with Gasteiger partial charge in [0.25, 0.3) is 11.5 Å². The van der Waals surface area contributed by atoms with Crippen LogP contribution in [-0.2, 0) is 11.3 Å². The number of aryl methyl sites for hydroxylation is 2. The molecule has 0 unspecified atom stereocenters. The lowest BCUT2D eigenvalue weighted by atomic mass is 10.1. The highest BCUT2D eigenvalue weighted by atomic mass is 35.5. The fraction of sp³-hybridized carbons (Fsp3) is 0.320. The van der Waals surface area contributed by atoms with E-state index in [0.29, 0.717) is 23.8 Å². The summed E-state index contributed by atoms with van der Waals surface area (Å²) in [6.07, 6.45) is 0. The van der Waals surface area contributed by atoms with Crippen LogP contribution in [0.4, 0.5) is 0 Å². The molecule has 0 saturated carbocycles. The molecule has 0 spiro atoms. The van der Waals surface area contributed by atoms with Gasteiger partial charge < -0.3 is 9.80 Å². The molecule has 3 aromatic rings. The number of halogens is 1. The molecule has 9 nitrogen and oxygen atoms in total. The fourth-order valence-corrected chi connectivity index (χ4v) is 4.21. The third-order valence-corrected chi connectivity index (χ3v) is 6.50. The van der Waals surface area contributed by atoms with Gasteiger partial charge in [-0.05, 0) is 37.1 Å². The number of piperazine rings is 1. The summed E-state index contributed by atoms with van der Waals surface area (Å²) in [5, 5.41) is 4.63. The van der Waals surface area contributed by atoms with Gasteiger partial charge in [0, 0.05) is 38.1 Å². The summed E-state index contributed by atoms with van der Waals surface area (Å²) in [5.41, 5.74) is 1.10. The maximum absolute atomic E-state index is 13.4. The zero-order valence-corrected chi connectivity index (χ0v) is 20.6. The van der Waals surface area contributed by atoms with Gasteiger partial charge in [0.05, 0.1) is 12.2 Å². The van der Waals surface area contributed by atoms with Crippen LogP contribution in [0.3, 0.4) is 0 Å². The largest absolute Gasteiger partial charge is 0.352 e. The van der Waals surface area contributed by atoms with Crippen molar-refractivity contribution in [2.45, 2.75) is 27.3 Å². The molecule has 0 radical (unpaired) electrons. The summed E-state index contributed by atoms with van der Waals surface area (Å²) in [6.45, 7) is 6.49. The molecule has 4 rings (SSSR count). The smallest absolute Gasteiger partial charge is 0.339 e. The molecule has 0 atom stereocenters. The van der Waals surface area contributed by atoms with Gasteiger partial charge in [0.2, 0.25) is 11.6 Å². The van der Waals surface area contributed by atoms with Crippen LogP contribution in [0.25, 0.3) is 5.69 Å². The van der Waals surface area contributed by atoms with E-state index >= 15 is 0 Å². The topological polar surface area (TPSA) is 97.5 Å². The van der Waals surface area contributed by atoms with E-state index in [-0.39, 0.29) is 31.2 Å². The van der Waals surface area contributed by atoms with Crippen LogP contribution >= 0.6 is 11.6 Å². The first-order valence-electron chi connectivity index (χ1n) is 11.3. The van der Waals surface area contributed by atoms with Crippen LogP contribution in [0, 0.1) is 13.8 Å². The predicted molar refractivity (Wildman–Crippen MR) is 132 cm³/mol. The van der Waals surface area contributed by atoms with E-state index in [0.717, 1.165) is 25.9 Å². The Morgan fingerprint density at radius 3 is 2.29 bits per heavy atom. The molecule has 10 heteroatoms. The maximum atomic E-state index is 13.4. The van der Waals surface area contributed by atoms with Crippen molar-refractivity contribution >= 4 is 23.4 Å². The zero-order valence-electron chi connectivity index (χ0n) is 19.8. The standard InChI is InChI=1S/C25H26ClN5O4/c1-16-5-4-6-19(13-16)15-30-24(34)22(23(33)29-11-9-28(10-12-29)18(3)32)27-31(25(30)35)20-8-7-17(2)21(26)14-20/h4-8,13-14H,9-12,15H2,1-3H3. The molecular weight excluding hydrogens is 470 g/mol. The zero-order chi connectivity index (χ0) is 25.3. The number of rotatable bonds is 4. The van der Waals surface area contributed by atoms with Crippen molar-refractivity contribution in [1.29, 1.82) is 0 Å². The first-order valence-corrected chi connectivity index (χ1v) is 11.6. The van der Waals surface area contributed by atoms with Gasteiger partial charge >= 0.3 is 5.69 Å². The molecule has 35 heavy (non-hydrogen) atoms. The van der Waals surface area contributed by atoms with Crippen molar-refractivity contribution in [2.24, 2.45) is 0 Å². The number of carbonyl (C=O) groups excluding carboxylic acids is 2. The molecule has 2 amide bonds. The third-order valence-electron chi connectivity index (χ3n) is 6.10. The summed E-state index contributed by atoms with van der Waals surface area (Å²) in [7, 11) is 0. The van der Waals surface area contributed by atoms with Crippen molar-refractivity contribution in [3.8, 4) is 5.69 Å². The molecule has 0 bridgehead atoms. The van der Waals surface area contributed by atoms with Crippen LogP contribution < -0.4 is 11.2 Å². The van der Waals surface area contributed by atoms with Crippen LogP contribution in [0.15, 0.2) is 52.1 Å². The Morgan fingerprint density at radius 2 is 1.66 bits per heavy atom. The van der Waals surface area contributed by atoms with E-state index in [4.69, 9.17) is 11.6 Å². The Balaban J connectivity index is 1.81. The number of hydrogen-bond acceptors (Lipinski definition) is 5. The maximum Gasteiger partial charge on any atom is 0.352 e. The van der Waals surface area contributed by atoms with Gasteiger partial charge in [0.1, 0.15) is 0 Å². The molecule has 182 valence electrons. The lowest BCUT2D eigenvalue weighted by molar-refractivity contribution is -0.130. The van der Waals surface area contributed by atoms with E-state index in [1.807, 2.05) is 38.1 Å². The fourth-order valence-electron chi connectivity index (χ4n) is 4.04. The summed E-state index contributed by atoms with van der Waals surface area (Å²) in [5.74, 6) is -0.649. The highest BCUT2D eigenvalue weighted by Crippen LogP contribution is 2.18. The van der Waals surface area contributed by atoms with Crippen molar-refractivity contribution in [3.05, 3.63) is 90.7 Å². The Morgan fingerprint density at radius 1 is 0.971 bits per heavy atom. The van der Waals surface area contributed by atoms with Gasteiger partial charge in [-0.1, -0.05) is 47.5 Å². The SMILES string of the molecule is CC(=O)N1CCN(C(=O)c2nn(-c3ccc(C)c(Cl)c3)c(=O)n(Cc3cccc(C)c3)c2=O)CC1. The second-order valence-corrected chi connectivity index (χ2v) is 9.06. The molecule has 2 aromatic carbocycles. The van der Waals surface area contributed by atoms with Gasteiger partial charge in [-0.2, -0.15) is 9.78 Å². The second-order valence-electron chi connectivity index (χ2n) is 8.66. The van der Waals surface area contributed by atoms with Crippen LogP contribution in [0.1, 0.15) is 34.1 Å². The van der Waals surface area contributed by atoms with E-state index in [9.17, 15) is 19.2 Å². The molecule has 0 N–H and O–H groups in total. The van der Waals surface area contributed by atoms with Gasteiger partial charge in [-0.15, -0.1) is 0 Å². The Kier molecular flexibility index (Phi) is 6.88. The highest BCUT2D eigenvalue weighted by Gasteiger charge is 2.28. The lowest BCUT2D eigenvalue weighted by Gasteiger charge is -2.33. The number of aromatic nitrogens is 3. The molecule has 2 heterocycles. The quantitative estimate of drug-likeness (QED) is 0.551. The van der Waals surface area contributed by atoms with Gasteiger partial charge in [-0.3, -0.25) is 19.0 Å². The Hall–Kier alpha value is -3.72. The average molecular weight is 496 g/mol. The minimum atomic E-state index is -0.759. The molecule has 1 saturated heterocycles. The summed E-state index contributed by atoms with van der Waals surface area (Å²) >= 11 is 6.28. The van der Waals surface area contributed by atoms with E-state index < -0.39 is 17.2 Å². The molecule has 1 aromatic heterocycles. The lowest BCUT2D eigenvalue weighted by Crippen LogP contribution is -2.52. The molecule has 1 fully saturated rings. The van der Waals surface area contributed by atoms with Gasteiger partial charge in [-0.25, -0.2) is 4.79 Å². The van der Waals surface area contributed by atoms with Crippen LogP contribution in [0.2, 0.25) is 5.02 Å². The van der Waals surface area contributed by atoms with Crippen LogP contribution in [0.5, 0.6) is 0 Å². The first-order chi connectivity index (χ1) is 16.7. The van der Waals surface area contributed by atoms with Crippen molar-refractivity contribution in [2.75, 3.05) is 26.2 Å². The first kappa shape index (κ1) is 24.4. The number of amides is 2. The normalized spacial score (nSPS) is 13.7. The minimum Gasteiger partial charge on any atom is -0.339 e. The summed E-state index contributed by atoms with van der Waals surface area (Å²) < 4.78 is 2.07. The highest BCUT2D eigenvalue weighted by molar-refractivity contribution is 6.31. The summed E-state index contributed by atoms with van der Waals surface area (Å²) in [4.78, 5) is 54.9. The van der Waals surface area contributed by atoms with Crippen molar-refractivity contribution in [1.82, 2.24) is 24.1 Å². The number of hydrogen-bond donors (Lipinski definition) is 0. The Bertz CT molecular complexity index is 1420. The van der Waals surface area contributed by atoms with E-state index in [2.05, 4.69) is 5.10 Å². The Labute approximate surface area is 207 Å². The molecule has 1 aliphatic rings. The molecular formula is C25H26ClN5O4. The minimum absolute atomic E-state index is 0.0140. The van der Waals surface area contributed by atoms with Crippen molar-refractivity contribution < 1.29 is 9.59 Å². The number of nitrogens with zero attached hydrogens (tertiary/aromatic N) is 5. The predicted octanol–water partition coefficient (Wildman–Crippen LogP) is 2.02. The number of benzene rings is 2. The van der Waals surface area contributed by atoms with Crippen LogP contribution in [-0.4, -0.2) is 62.1 Å². The third kappa shape index (κ3) is 5.05. The van der Waals surface area contributed by atoms with E-state index in [1.54, 1.807) is 23.1 Å². The van der Waals surface area contributed by atoms with Gasteiger partial charge in [0.15, 0.2) is 0 Å². The average Bonchev–Trinajstić information content (AvgIpc) is 2.83. The van der Waals surface area contributed by atoms with E-state index in [1.165, 1.54) is 11.8 Å². The van der Waals surface area contributed by atoms with Crippen molar-refractivity contribution in [3.63, 3.8) is 0 Å². The molecule has 1 aliphatic heterocycles. The number of carbonyl (C=O) groups is 2. The molecule has 0 aliphatic carbocycles. The monoisotopic (exact) mass is 495 g/mol. The summed E-state index contributed by atoms with van der Waals surface area (Å²) in [6, 6.07) is 12.4. The second kappa shape index (κ2) is 9.87.